The predicted octanol–water partition coefficient (Wildman–Crippen LogP) is 2.73. The summed E-state index contributed by atoms with van der Waals surface area (Å²) in [5.74, 6) is -3.36. The lowest BCUT2D eigenvalue weighted by atomic mass is 9.81. The van der Waals surface area contributed by atoms with Gasteiger partial charge in [-0.25, -0.2) is 8.78 Å². The van der Waals surface area contributed by atoms with Crippen molar-refractivity contribution in [1.82, 2.24) is 10.6 Å². The second-order valence-corrected chi connectivity index (χ2v) is 8.33. The Hall–Kier alpha value is -3.59. The van der Waals surface area contributed by atoms with Crippen LogP contribution in [0.2, 0.25) is 0 Å². The van der Waals surface area contributed by atoms with E-state index in [1.807, 2.05) is 6.92 Å². The fourth-order valence-electron chi connectivity index (χ4n) is 2.95. The summed E-state index contributed by atoms with van der Waals surface area (Å²) in [4.78, 5) is 24.6. The molecule has 6 N–H and O–H groups in total. The minimum Gasteiger partial charge on any atom is -0.401 e. The molecule has 33 heavy (non-hydrogen) atoms. The van der Waals surface area contributed by atoms with Gasteiger partial charge < -0.3 is 21.5 Å². The van der Waals surface area contributed by atoms with E-state index in [2.05, 4.69) is 10.6 Å². The van der Waals surface area contributed by atoms with Crippen LogP contribution in [-0.4, -0.2) is 28.8 Å². The van der Waals surface area contributed by atoms with Gasteiger partial charge in [0.05, 0.1) is 0 Å². The van der Waals surface area contributed by atoms with Gasteiger partial charge in [-0.05, 0) is 43.2 Å². The minimum atomic E-state index is -1.46. The van der Waals surface area contributed by atoms with E-state index in [0.29, 0.717) is 5.56 Å². The number of hydrogen-bond donors (Lipinski definition) is 5. The number of nitrogens with two attached hydrogens (primary N) is 1. The van der Waals surface area contributed by atoms with E-state index in [0.717, 1.165) is 29.8 Å². The van der Waals surface area contributed by atoms with Gasteiger partial charge in [-0.15, -0.1) is 0 Å². The van der Waals surface area contributed by atoms with Gasteiger partial charge in [0.15, 0.2) is 6.10 Å². The third-order valence-corrected chi connectivity index (χ3v) is 5.26. The van der Waals surface area contributed by atoms with E-state index in [-0.39, 0.29) is 17.1 Å². The topological polar surface area (TPSA) is 128 Å². The summed E-state index contributed by atoms with van der Waals surface area (Å²) >= 11 is 0. The van der Waals surface area contributed by atoms with Crippen molar-refractivity contribution in [2.45, 2.75) is 45.3 Å². The monoisotopic (exact) mass is 458 g/mol. The van der Waals surface area contributed by atoms with Crippen molar-refractivity contribution in [3.05, 3.63) is 82.6 Å². The number of carbonyl (C=O) groups excluding carboxylic acids is 2. The van der Waals surface area contributed by atoms with E-state index in [1.54, 1.807) is 38.1 Å². The van der Waals surface area contributed by atoms with Crippen LogP contribution >= 0.6 is 0 Å². The Balaban J connectivity index is 2.01. The number of aliphatic hydroxyl groups is 1. The smallest absolute Gasteiger partial charge is 0.254 e. The van der Waals surface area contributed by atoms with E-state index in [9.17, 15) is 23.5 Å². The molecule has 0 bridgehead atoms. The number of amides is 2. The van der Waals surface area contributed by atoms with Crippen LogP contribution < -0.4 is 16.4 Å². The molecule has 2 amide bonds. The summed E-state index contributed by atoms with van der Waals surface area (Å²) in [6.07, 6.45) is -0.292. The second kappa shape index (κ2) is 10.4. The summed E-state index contributed by atoms with van der Waals surface area (Å²) < 4.78 is 27.2. The highest BCUT2D eigenvalue weighted by molar-refractivity contribution is 6.05. The minimum absolute atomic E-state index is 0.0873. The maximum atomic E-state index is 13.6. The standard InChI is InChI=1S/C24H28F2N4O3/c1-13-5-7-15(8-6-13)21(31)23(33)29-14(2)22(32)30-20(28)12-19(27)24(3,4)16-9-17(25)11-18(26)10-16/h5-12,14,21,31H,27H2,1-4H3,(H,29,33)(H2,28,30,32)/t14-,21-/m0/s1. The predicted molar refractivity (Wildman–Crippen MR) is 121 cm³/mol. The number of hydrogen-bond acceptors (Lipinski definition) is 5. The number of benzene rings is 2. The lowest BCUT2D eigenvalue weighted by molar-refractivity contribution is -0.133. The van der Waals surface area contributed by atoms with Crippen LogP contribution in [0.15, 0.2) is 54.2 Å². The fourth-order valence-corrected chi connectivity index (χ4v) is 2.95. The number of halogens is 2. The highest BCUT2D eigenvalue weighted by Gasteiger charge is 2.26. The number of aliphatic hydroxyl groups excluding tert-OH is 1. The highest BCUT2D eigenvalue weighted by atomic mass is 19.1. The van der Waals surface area contributed by atoms with Crippen molar-refractivity contribution < 1.29 is 23.5 Å². The third-order valence-electron chi connectivity index (χ3n) is 5.26. The molecule has 0 aliphatic heterocycles. The molecule has 9 heteroatoms. The molecule has 0 saturated carbocycles. The van der Waals surface area contributed by atoms with Gasteiger partial charge in [-0.2, -0.15) is 0 Å². The number of amidine groups is 1. The van der Waals surface area contributed by atoms with Crippen molar-refractivity contribution >= 4 is 17.6 Å². The Bertz CT molecular complexity index is 1060. The number of aryl methyl sites for hydroxylation is 1. The molecule has 2 aromatic rings. The van der Waals surface area contributed by atoms with Crippen molar-refractivity contribution in [1.29, 1.82) is 5.41 Å². The zero-order chi connectivity index (χ0) is 24.9. The number of allylic oxidation sites excluding steroid dienone is 1. The zero-order valence-electron chi connectivity index (χ0n) is 18.9. The molecule has 0 heterocycles. The molecule has 0 fully saturated rings. The lowest BCUT2D eigenvalue weighted by Crippen LogP contribution is -2.47. The van der Waals surface area contributed by atoms with Crippen LogP contribution in [0.5, 0.6) is 0 Å². The third kappa shape index (κ3) is 6.69. The first-order valence-corrected chi connectivity index (χ1v) is 10.2. The van der Waals surface area contributed by atoms with Gasteiger partial charge >= 0.3 is 0 Å². The van der Waals surface area contributed by atoms with Crippen LogP contribution in [0.25, 0.3) is 0 Å². The van der Waals surface area contributed by atoms with Gasteiger partial charge in [0.25, 0.3) is 5.91 Å². The van der Waals surface area contributed by atoms with E-state index in [1.165, 1.54) is 6.92 Å². The Kier molecular flexibility index (Phi) is 8.05. The van der Waals surface area contributed by atoms with E-state index < -0.39 is 41.0 Å². The van der Waals surface area contributed by atoms with Gasteiger partial charge in [0.1, 0.15) is 23.5 Å². The highest BCUT2D eigenvalue weighted by Crippen LogP contribution is 2.29. The van der Waals surface area contributed by atoms with Crippen molar-refractivity contribution in [3.63, 3.8) is 0 Å². The van der Waals surface area contributed by atoms with Gasteiger partial charge in [-0.3, -0.25) is 15.0 Å². The first-order chi connectivity index (χ1) is 15.3. The van der Waals surface area contributed by atoms with Gasteiger partial charge in [-0.1, -0.05) is 43.7 Å². The van der Waals surface area contributed by atoms with Crippen molar-refractivity contribution in [2.75, 3.05) is 0 Å². The van der Waals surface area contributed by atoms with Crippen LogP contribution in [0.3, 0.4) is 0 Å². The Morgan fingerprint density at radius 3 is 2.18 bits per heavy atom. The average Bonchev–Trinajstić information content (AvgIpc) is 2.72. The van der Waals surface area contributed by atoms with Crippen LogP contribution in [0.4, 0.5) is 8.78 Å². The Labute approximate surface area is 191 Å². The van der Waals surface area contributed by atoms with Crippen LogP contribution in [0.1, 0.15) is 43.6 Å². The summed E-state index contributed by atoms with van der Waals surface area (Å²) in [5, 5.41) is 22.9. The first kappa shape index (κ1) is 25.7. The maximum absolute atomic E-state index is 13.6. The average molecular weight is 459 g/mol. The SMILES string of the molecule is Cc1ccc([C@H](O)C(=O)N[C@@H](C)C(=O)NC(=N)C=C(N)C(C)(C)c2cc(F)cc(F)c2)cc1. The summed E-state index contributed by atoms with van der Waals surface area (Å²) in [6.45, 7) is 6.51. The molecule has 2 rings (SSSR count). The van der Waals surface area contributed by atoms with E-state index in [4.69, 9.17) is 11.1 Å². The first-order valence-electron chi connectivity index (χ1n) is 10.2. The molecule has 0 saturated heterocycles. The summed E-state index contributed by atoms with van der Waals surface area (Å²) in [5.41, 5.74) is 6.72. The van der Waals surface area contributed by atoms with Crippen molar-refractivity contribution in [2.24, 2.45) is 5.73 Å². The quantitative estimate of drug-likeness (QED) is 0.323. The molecule has 7 nitrogen and oxygen atoms in total. The molecule has 0 aromatic heterocycles. The van der Waals surface area contributed by atoms with E-state index >= 15 is 0 Å². The normalized spacial score (nSPS) is 13.7. The maximum Gasteiger partial charge on any atom is 0.254 e. The van der Waals surface area contributed by atoms with Crippen molar-refractivity contribution in [3.8, 4) is 0 Å². The zero-order valence-corrected chi connectivity index (χ0v) is 18.9. The number of nitrogens with one attached hydrogen (secondary N) is 3. The molecule has 0 aliphatic rings. The molecule has 0 spiro atoms. The molecule has 0 unspecified atom stereocenters. The number of carbonyl (C=O) groups is 2. The summed E-state index contributed by atoms with van der Waals surface area (Å²) in [7, 11) is 0. The molecule has 0 radical (unpaired) electrons. The Morgan fingerprint density at radius 2 is 1.64 bits per heavy atom. The largest absolute Gasteiger partial charge is 0.401 e. The van der Waals surface area contributed by atoms with Gasteiger partial charge in [0, 0.05) is 17.2 Å². The fraction of sp³-hybridized carbons (Fsp3) is 0.292. The molecule has 2 aromatic carbocycles. The molecule has 176 valence electrons. The molecule has 0 aliphatic carbocycles. The summed E-state index contributed by atoms with van der Waals surface area (Å²) in [6, 6.07) is 8.69. The van der Waals surface area contributed by atoms with Crippen LogP contribution in [0, 0.1) is 24.0 Å². The Morgan fingerprint density at radius 1 is 1.09 bits per heavy atom. The van der Waals surface area contributed by atoms with Crippen LogP contribution in [-0.2, 0) is 15.0 Å². The molecular weight excluding hydrogens is 430 g/mol. The lowest BCUT2D eigenvalue weighted by Gasteiger charge is -2.26. The second-order valence-electron chi connectivity index (χ2n) is 8.33. The molecule has 2 atom stereocenters. The van der Waals surface area contributed by atoms with Gasteiger partial charge in [0.2, 0.25) is 5.91 Å². The molecular formula is C24H28F2N4O3. The number of rotatable bonds is 7.